The molecule has 0 spiro atoms. The van der Waals surface area contributed by atoms with E-state index in [0.29, 0.717) is 6.07 Å². The summed E-state index contributed by atoms with van der Waals surface area (Å²) in [6, 6.07) is 2.55. The lowest BCUT2D eigenvalue weighted by molar-refractivity contribution is -0.138. The van der Waals surface area contributed by atoms with Crippen LogP contribution in [0.3, 0.4) is 0 Å². The predicted octanol–water partition coefficient (Wildman–Crippen LogP) is 2.58. The SMILES string of the molecule is CCOC(=O)c1cccc(C(F)(F)F)c1C(=O)O. The molecule has 1 aromatic carbocycles. The molecule has 0 saturated heterocycles. The van der Waals surface area contributed by atoms with Gasteiger partial charge in [-0.15, -0.1) is 0 Å². The highest BCUT2D eigenvalue weighted by molar-refractivity contribution is 6.03. The van der Waals surface area contributed by atoms with Crippen molar-refractivity contribution in [2.24, 2.45) is 0 Å². The lowest BCUT2D eigenvalue weighted by atomic mass is 10.0. The van der Waals surface area contributed by atoms with Crippen molar-refractivity contribution in [3.05, 3.63) is 34.9 Å². The van der Waals surface area contributed by atoms with Gasteiger partial charge in [0.1, 0.15) is 0 Å². The number of rotatable bonds is 3. The number of carboxylic acids is 1. The molecule has 0 aliphatic rings. The van der Waals surface area contributed by atoms with E-state index in [-0.39, 0.29) is 6.61 Å². The second kappa shape index (κ2) is 5.07. The average Bonchev–Trinajstić information content (AvgIpc) is 2.27. The first-order chi connectivity index (χ1) is 8.29. The molecule has 0 radical (unpaired) electrons. The van der Waals surface area contributed by atoms with Crippen LogP contribution in [-0.4, -0.2) is 23.7 Å². The first-order valence-corrected chi connectivity index (χ1v) is 4.89. The number of aromatic carboxylic acids is 1. The Balaban J connectivity index is 3.45. The van der Waals surface area contributed by atoms with Gasteiger partial charge in [-0.05, 0) is 19.1 Å². The Morgan fingerprint density at radius 3 is 2.39 bits per heavy atom. The highest BCUT2D eigenvalue weighted by Crippen LogP contribution is 2.33. The molecule has 4 nitrogen and oxygen atoms in total. The van der Waals surface area contributed by atoms with Crippen molar-refractivity contribution in [3.8, 4) is 0 Å². The van der Waals surface area contributed by atoms with Gasteiger partial charge in [-0.2, -0.15) is 13.2 Å². The summed E-state index contributed by atoms with van der Waals surface area (Å²) < 4.78 is 42.4. The first kappa shape index (κ1) is 14.0. The van der Waals surface area contributed by atoms with E-state index in [9.17, 15) is 22.8 Å². The summed E-state index contributed by atoms with van der Waals surface area (Å²) in [6.45, 7) is 1.40. The van der Waals surface area contributed by atoms with E-state index >= 15 is 0 Å². The second-order valence-electron chi connectivity index (χ2n) is 3.25. The summed E-state index contributed by atoms with van der Waals surface area (Å²) in [7, 11) is 0. The number of halogens is 3. The van der Waals surface area contributed by atoms with Crippen LogP contribution in [0.1, 0.15) is 33.2 Å². The number of carbonyl (C=O) groups excluding carboxylic acids is 1. The highest BCUT2D eigenvalue weighted by Gasteiger charge is 2.37. The van der Waals surface area contributed by atoms with Gasteiger partial charge in [0, 0.05) is 0 Å². The molecule has 98 valence electrons. The van der Waals surface area contributed by atoms with Crippen molar-refractivity contribution in [2.45, 2.75) is 13.1 Å². The fraction of sp³-hybridized carbons (Fsp3) is 0.273. The van der Waals surface area contributed by atoms with Gasteiger partial charge < -0.3 is 9.84 Å². The van der Waals surface area contributed by atoms with Gasteiger partial charge >= 0.3 is 18.1 Å². The standard InChI is InChI=1S/C11H9F3O4/c1-2-18-10(17)6-4-3-5-7(11(12,13)14)8(6)9(15)16/h3-5H,2H2,1H3,(H,15,16). The van der Waals surface area contributed by atoms with E-state index in [0.717, 1.165) is 12.1 Å². The maximum atomic E-state index is 12.6. The second-order valence-corrected chi connectivity index (χ2v) is 3.25. The zero-order valence-corrected chi connectivity index (χ0v) is 9.25. The summed E-state index contributed by atoms with van der Waals surface area (Å²) in [6.07, 6.45) is -4.85. The van der Waals surface area contributed by atoms with E-state index in [4.69, 9.17) is 5.11 Å². The molecule has 1 aromatic rings. The van der Waals surface area contributed by atoms with Crippen LogP contribution in [0.15, 0.2) is 18.2 Å². The molecule has 1 N–H and O–H groups in total. The number of ether oxygens (including phenoxy) is 1. The number of benzene rings is 1. The van der Waals surface area contributed by atoms with Crippen molar-refractivity contribution in [1.82, 2.24) is 0 Å². The molecule has 0 aliphatic heterocycles. The summed E-state index contributed by atoms with van der Waals surface area (Å²) in [5.74, 6) is -2.92. The lowest BCUT2D eigenvalue weighted by Crippen LogP contribution is -2.18. The zero-order chi connectivity index (χ0) is 13.9. The number of alkyl halides is 3. The molecule has 0 saturated carbocycles. The molecule has 7 heteroatoms. The maximum absolute atomic E-state index is 12.6. The van der Waals surface area contributed by atoms with Gasteiger partial charge in [0.25, 0.3) is 0 Å². The molecular weight excluding hydrogens is 253 g/mol. The Labute approximate surface area is 100.0 Å². The monoisotopic (exact) mass is 262 g/mol. The van der Waals surface area contributed by atoms with E-state index in [1.165, 1.54) is 6.92 Å². The van der Waals surface area contributed by atoms with Gasteiger partial charge in [-0.1, -0.05) is 6.07 Å². The Morgan fingerprint density at radius 1 is 1.33 bits per heavy atom. The predicted molar refractivity (Wildman–Crippen MR) is 54.4 cm³/mol. The van der Waals surface area contributed by atoms with Gasteiger partial charge in [-0.3, -0.25) is 0 Å². The van der Waals surface area contributed by atoms with E-state index in [2.05, 4.69) is 4.74 Å². The van der Waals surface area contributed by atoms with Crippen LogP contribution in [0.4, 0.5) is 13.2 Å². The minimum atomic E-state index is -4.85. The van der Waals surface area contributed by atoms with Crippen molar-refractivity contribution in [3.63, 3.8) is 0 Å². The Hall–Kier alpha value is -2.05. The van der Waals surface area contributed by atoms with E-state index < -0.39 is 34.8 Å². The van der Waals surface area contributed by atoms with Crippen molar-refractivity contribution in [2.75, 3.05) is 6.61 Å². The molecule has 18 heavy (non-hydrogen) atoms. The van der Waals surface area contributed by atoms with Crippen molar-refractivity contribution < 1.29 is 32.6 Å². The number of hydrogen-bond donors (Lipinski definition) is 1. The van der Waals surface area contributed by atoms with Crippen LogP contribution >= 0.6 is 0 Å². The van der Waals surface area contributed by atoms with Gasteiger partial charge in [-0.25, -0.2) is 9.59 Å². The third kappa shape index (κ3) is 2.79. The quantitative estimate of drug-likeness (QED) is 0.850. The molecule has 0 unspecified atom stereocenters. The molecule has 1 rings (SSSR count). The van der Waals surface area contributed by atoms with Gasteiger partial charge in [0.15, 0.2) is 0 Å². The largest absolute Gasteiger partial charge is 0.478 e. The third-order valence-electron chi connectivity index (χ3n) is 2.08. The Bertz CT molecular complexity index is 480. The molecular formula is C11H9F3O4. The molecule has 0 amide bonds. The maximum Gasteiger partial charge on any atom is 0.417 e. The minimum absolute atomic E-state index is 0.0614. The zero-order valence-electron chi connectivity index (χ0n) is 9.25. The lowest BCUT2D eigenvalue weighted by Gasteiger charge is -2.13. The molecule has 0 fully saturated rings. The number of esters is 1. The van der Waals surface area contributed by atoms with Crippen LogP contribution in [0.2, 0.25) is 0 Å². The average molecular weight is 262 g/mol. The fourth-order valence-electron chi connectivity index (χ4n) is 1.40. The van der Waals surface area contributed by atoms with Crippen LogP contribution in [-0.2, 0) is 10.9 Å². The topological polar surface area (TPSA) is 63.6 Å². The summed E-state index contributed by atoms with van der Waals surface area (Å²) in [4.78, 5) is 22.3. The number of carbonyl (C=O) groups is 2. The van der Waals surface area contributed by atoms with Crippen LogP contribution < -0.4 is 0 Å². The Morgan fingerprint density at radius 2 is 1.94 bits per heavy atom. The molecule has 0 bridgehead atoms. The van der Waals surface area contributed by atoms with E-state index in [1.54, 1.807) is 0 Å². The van der Waals surface area contributed by atoms with Crippen LogP contribution in [0, 0.1) is 0 Å². The van der Waals surface area contributed by atoms with E-state index in [1.807, 2.05) is 0 Å². The number of carboxylic acid groups (broad SMARTS) is 1. The van der Waals surface area contributed by atoms with Crippen LogP contribution in [0.25, 0.3) is 0 Å². The molecule has 0 aliphatic carbocycles. The third-order valence-corrected chi connectivity index (χ3v) is 2.08. The number of hydrogen-bond acceptors (Lipinski definition) is 3. The van der Waals surface area contributed by atoms with Crippen LogP contribution in [0.5, 0.6) is 0 Å². The molecule has 0 aromatic heterocycles. The summed E-state index contributed by atoms with van der Waals surface area (Å²) in [5, 5.41) is 8.82. The highest BCUT2D eigenvalue weighted by atomic mass is 19.4. The molecule has 0 heterocycles. The molecule has 0 atom stereocenters. The summed E-state index contributed by atoms with van der Waals surface area (Å²) in [5.41, 5.74) is -3.08. The minimum Gasteiger partial charge on any atom is -0.478 e. The smallest absolute Gasteiger partial charge is 0.417 e. The normalized spacial score (nSPS) is 11.1. The van der Waals surface area contributed by atoms with Gasteiger partial charge in [0.05, 0.1) is 23.3 Å². The first-order valence-electron chi connectivity index (χ1n) is 4.89. The van der Waals surface area contributed by atoms with Gasteiger partial charge in [0.2, 0.25) is 0 Å². The van der Waals surface area contributed by atoms with Crippen molar-refractivity contribution in [1.29, 1.82) is 0 Å². The van der Waals surface area contributed by atoms with Crippen molar-refractivity contribution >= 4 is 11.9 Å². The Kier molecular flexibility index (Phi) is 3.95. The fourth-order valence-corrected chi connectivity index (χ4v) is 1.40. The summed E-state index contributed by atoms with van der Waals surface area (Å²) >= 11 is 0.